The van der Waals surface area contributed by atoms with E-state index in [1.54, 1.807) is 0 Å². The molecule has 0 aliphatic rings. The first-order valence-corrected chi connectivity index (χ1v) is 7.63. The van der Waals surface area contributed by atoms with Gasteiger partial charge in [-0.15, -0.1) is 0 Å². The van der Waals surface area contributed by atoms with Gasteiger partial charge in [-0.2, -0.15) is 0 Å². The zero-order valence-electron chi connectivity index (χ0n) is 14.1. The van der Waals surface area contributed by atoms with Gasteiger partial charge in [-0.05, 0) is 40.2 Å². The molecular weight excluding hydrogens is 278 g/mol. The van der Waals surface area contributed by atoms with Crippen LogP contribution in [0.5, 0.6) is 0 Å². The molecule has 5 heteroatoms. The summed E-state index contributed by atoms with van der Waals surface area (Å²) in [6.45, 7) is 10.3. The van der Waals surface area contributed by atoms with Crippen LogP contribution >= 0.6 is 0 Å². The van der Waals surface area contributed by atoms with E-state index in [4.69, 9.17) is 4.74 Å². The number of ether oxygens (including phenoxy) is 1. The molecule has 2 N–H and O–H groups in total. The molecule has 0 bridgehead atoms. The van der Waals surface area contributed by atoms with E-state index in [0.717, 1.165) is 12.1 Å². The SMILES string of the molecule is CCNC(=NCC(=O)OC(C)(C)C)NC(C)c1ccccc1. The largest absolute Gasteiger partial charge is 0.459 e. The summed E-state index contributed by atoms with van der Waals surface area (Å²) in [4.78, 5) is 16.0. The number of aliphatic imine (C=N–C) groups is 1. The fourth-order valence-electron chi connectivity index (χ4n) is 1.87. The van der Waals surface area contributed by atoms with Gasteiger partial charge in [0, 0.05) is 6.54 Å². The van der Waals surface area contributed by atoms with Gasteiger partial charge >= 0.3 is 5.97 Å². The maximum atomic E-state index is 11.7. The van der Waals surface area contributed by atoms with E-state index in [2.05, 4.69) is 34.7 Å². The van der Waals surface area contributed by atoms with E-state index in [0.29, 0.717) is 5.96 Å². The molecule has 1 atom stereocenters. The van der Waals surface area contributed by atoms with Crippen molar-refractivity contribution < 1.29 is 9.53 Å². The number of esters is 1. The quantitative estimate of drug-likeness (QED) is 0.499. The van der Waals surface area contributed by atoms with E-state index < -0.39 is 5.60 Å². The van der Waals surface area contributed by atoms with E-state index in [1.807, 2.05) is 45.9 Å². The molecule has 0 aliphatic heterocycles. The summed E-state index contributed by atoms with van der Waals surface area (Å²) in [5, 5.41) is 6.42. The highest BCUT2D eigenvalue weighted by molar-refractivity contribution is 5.83. The molecular formula is C17H27N3O2. The Kier molecular flexibility index (Phi) is 6.89. The Morgan fingerprint density at radius 3 is 2.45 bits per heavy atom. The van der Waals surface area contributed by atoms with Crippen molar-refractivity contribution in [2.24, 2.45) is 4.99 Å². The lowest BCUT2D eigenvalue weighted by atomic mass is 10.1. The monoisotopic (exact) mass is 305 g/mol. The normalized spacial score (nSPS) is 13.4. The van der Waals surface area contributed by atoms with Crippen molar-refractivity contribution in [2.75, 3.05) is 13.1 Å². The zero-order chi connectivity index (χ0) is 16.6. The third-order valence-corrected chi connectivity index (χ3v) is 2.78. The molecule has 1 aromatic rings. The number of nitrogens with zero attached hydrogens (tertiary/aromatic N) is 1. The first kappa shape index (κ1) is 18.0. The van der Waals surface area contributed by atoms with E-state index >= 15 is 0 Å². The average molecular weight is 305 g/mol. The highest BCUT2D eigenvalue weighted by atomic mass is 16.6. The maximum Gasteiger partial charge on any atom is 0.328 e. The molecule has 0 aromatic heterocycles. The Balaban J connectivity index is 2.64. The van der Waals surface area contributed by atoms with Gasteiger partial charge in [0.25, 0.3) is 0 Å². The van der Waals surface area contributed by atoms with Crippen LogP contribution in [0.1, 0.15) is 46.2 Å². The van der Waals surface area contributed by atoms with Crippen molar-refractivity contribution in [1.29, 1.82) is 0 Å². The lowest BCUT2D eigenvalue weighted by molar-refractivity contribution is -0.152. The highest BCUT2D eigenvalue weighted by Gasteiger charge is 2.16. The Labute approximate surface area is 133 Å². The van der Waals surface area contributed by atoms with Crippen LogP contribution in [-0.4, -0.2) is 30.6 Å². The second kappa shape index (κ2) is 8.41. The number of rotatable bonds is 5. The summed E-state index contributed by atoms with van der Waals surface area (Å²) in [6.07, 6.45) is 0. The lowest BCUT2D eigenvalue weighted by Crippen LogP contribution is -2.39. The van der Waals surface area contributed by atoms with Gasteiger partial charge < -0.3 is 15.4 Å². The van der Waals surface area contributed by atoms with Gasteiger partial charge in [0.05, 0.1) is 6.04 Å². The number of carbonyl (C=O) groups is 1. The van der Waals surface area contributed by atoms with Gasteiger partial charge in [0.15, 0.2) is 5.96 Å². The second-order valence-corrected chi connectivity index (χ2v) is 6.06. The molecule has 1 unspecified atom stereocenters. The first-order chi connectivity index (χ1) is 10.3. The molecule has 0 saturated heterocycles. The second-order valence-electron chi connectivity index (χ2n) is 6.06. The van der Waals surface area contributed by atoms with E-state index in [1.165, 1.54) is 0 Å². The van der Waals surface area contributed by atoms with Gasteiger partial charge in [-0.1, -0.05) is 30.3 Å². The fourth-order valence-corrected chi connectivity index (χ4v) is 1.87. The van der Waals surface area contributed by atoms with Gasteiger partial charge in [-0.3, -0.25) is 4.79 Å². The third-order valence-electron chi connectivity index (χ3n) is 2.78. The molecule has 0 saturated carbocycles. The summed E-state index contributed by atoms with van der Waals surface area (Å²) in [6, 6.07) is 10.2. The first-order valence-electron chi connectivity index (χ1n) is 7.63. The number of guanidine groups is 1. The predicted octanol–water partition coefficient (Wildman–Crippen LogP) is 2.64. The van der Waals surface area contributed by atoms with Crippen LogP contribution in [0.15, 0.2) is 35.3 Å². The Morgan fingerprint density at radius 1 is 1.27 bits per heavy atom. The lowest BCUT2D eigenvalue weighted by Gasteiger charge is -2.20. The summed E-state index contributed by atoms with van der Waals surface area (Å²) in [7, 11) is 0. The summed E-state index contributed by atoms with van der Waals surface area (Å²) in [5.41, 5.74) is 0.667. The molecule has 5 nitrogen and oxygen atoms in total. The van der Waals surface area contributed by atoms with Crippen LogP contribution in [0.3, 0.4) is 0 Å². The third kappa shape index (κ3) is 7.11. The maximum absolute atomic E-state index is 11.7. The minimum Gasteiger partial charge on any atom is -0.459 e. The fraction of sp³-hybridized carbons (Fsp3) is 0.529. The minimum absolute atomic E-state index is 0.00584. The van der Waals surface area contributed by atoms with Crippen molar-refractivity contribution in [2.45, 2.75) is 46.3 Å². The number of hydrogen-bond acceptors (Lipinski definition) is 3. The van der Waals surface area contributed by atoms with E-state index in [9.17, 15) is 4.79 Å². The molecule has 0 amide bonds. The number of carbonyl (C=O) groups excluding carboxylic acids is 1. The highest BCUT2D eigenvalue weighted by Crippen LogP contribution is 2.11. The summed E-state index contributed by atoms with van der Waals surface area (Å²) >= 11 is 0. The molecule has 0 heterocycles. The summed E-state index contributed by atoms with van der Waals surface area (Å²) < 4.78 is 5.25. The van der Waals surface area contributed by atoms with Crippen LogP contribution in [0.4, 0.5) is 0 Å². The Hall–Kier alpha value is -2.04. The Bertz CT molecular complexity index is 492. The summed E-state index contributed by atoms with van der Waals surface area (Å²) in [5.74, 6) is 0.266. The van der Waals surface area contributed by atoms with Crippen LogP contribution in [0, 0.1) is 0 Å². The van der Waals surface area contributed by atoms with Crippen molar-refractivity contribution >= 4 is 11.9 Å². The minimum atomic E-state index is -0.490. The van der Waals surface area contributed by atoms with Crippen LogP contribution in [0.2, 0.25) is 0 Å². The number of nitrogens with one attached hydrogen (secondary N) is 2. The van der Waals surface area contributed by atoms with Crippen LogP contribution in [-0.2, 0) is 9.53 Å². The van der Waals surface area contributed by atoms with Gasteiger partial charge in [0.2, 0.25) is 0 Å². The van der Waals surface area contributed by atoms with Crippen molar-refractivity contribution in [3.8, 4) is 0 Å². The molecule has 22 heavy (non-hydrogen) atoms. The predicted molar refractivity (Wildman–Crippen MR) is 89.8 cm³/mol. The van der Waals surface area contributed by atoms with Crippen molar-refractivity contribution in [3.05, 3.63) is 35.9 Å². The topological polar surface area (TPSA) is 62.7 Å². The average Bonchev–Trinajstić information content (AvgIpc) is 2.44. The van der Waals surface area contributed by atoms with Crippen LogP contribution in [0.25, 0.3) is 0 Å². The van der Waals surface area contributed by atoms with Crippen LogP contribution < -0.4 is 10.6 Å². The molecule has 1 aromatic carbocycles. The number of benzene rings is 1. The molecule has 122 valence electrons. The van der Waals surface area contributed by atoms with Gasteiger partial charge in [0.1, 0.15) is 12.1 Å². The Morgan fingerprint density at radius 2 is 1.91 bits per heavy atom. The molecule has 0 fully saturated rings. The molecule has 0 radical (unpaired) electrons. The van der Waals surface area contributed by atoms with E-state index in [-0.39, 0.29) is 18.6 Å². The standard InChI is InChI=1S/C17H27N3O2/c1-6-18-16(19-12-15(21)22-17(3,4)5)20-13(2)14-10-8-7-9-11-14/h7-11,13H,6,12H2,1-5H3,(H2,18,19,20). The molecule has 0 aliphatic carbocycles. The zero-order valence-corrected chi connectivity index (χ0v) is 14.1. The molecule has 0 spiro atoms. The van der Waals surface area contributed by atoms with Crippen molar-refractivity contribution in [3.63, 3.8) is 0 Å². The molecule has 1 rings (SSSR count). The number of hydrogen-bond donors (Lipinski definition) is 2. The smallest absolute Gasteiger partial charge is 0.328 e. The van der Waals surface area contributed by atoms with Crippen molar-refractivity contribution in [1.82, 2.24) is 10.6 Å². The van der Waals surface area contributed by atoms with Gasteiger partial charge in [-0.25, -0.2) is 4.99 Å².